The Bertz CT molecular complexity index is 265. The SMILES string of the molecule is CC[N+](C)(C)Cn1c(C)ccc1C. The Morgan fingerprint density at radius 3 is 2.00 bits per heavy atom. The first kappa shape index (κ1) is 10.3. The molecule has 0 spiro atoms. The molecule has 74 valence electrons. The van der Waals surface area contributed by atoms with Crippen LogP contribution in [0.2, 0.25) is 0 Å². The van der Waals surface area contributed by atoms with Crippen LogP contribution in [0.1, 0.15) is 18.3 Å². The van der Waals surface area contributed by atoms with Crippen LogP contribution in [-0.4, -0.2) is 29.7 Å². The number of nitrogens with zero attached hydrogens (tertiary/aromatic N) is 2. The van der Waals surface area contributed by atoms with Gasteiger partial charge in [0, 0.05) is 11.4 Å². The van der Waals surface area contributed by atoms with Gasteiger partial charge in [-0.15, -0.1) is 0 Å². The van der Waals surface area contributed by atoms with Crippen LogP contribution in [0.4, 0.5) is 0 Å². The van der Waals surface area contributed by atoms with E-state index in [0.717, 1.165) is 17.7 Å². The van der Waals surface area contributed by atoms with Gasteiger partial charge < -0.3 is 9.05 Å². The zero-order valence-electron chi connectivity index (χ0n) is 9.46. The minimum atomic E-state index is 1.04. The molecule has 0 amide bonds. The van der Waals surface area contributed by atoms with Crippen molar-refractivity contribution in [3.05, 3.63) is 23.5 Å². The van der Waals surface area contributed by atoms with Crippen molar-refractivity contribution in [3.63, 3.8) is 0 Å². The summed E-state index contributed by atoms with van der Waals surface area (Å²) in [6.07, 6.45) is 0. The summed E-state index contributed by atoms with van der Waals surface area (Å²) in [5, 5.41) is 0. The number of hydrogen-bond acceptors (Lipinski definition) is 0. The van der Waals surface area contributed by atoms with Gasteiger partial charge in [0.15, 0.2) is 6.67 Å². The van der Waals surface area contributed by atoms with Crippen LogP contribution < -0.4 is 0 Å². The molecule has 2 nitrogen and oxygen atoms in total. The van der Waals surface area contributed by atoms with Crippen molar-refractivity contribution >= 4 is 0 Å². The zero-order valence-corrected chi connectivity index (χ0v) is 9.46. The largest absolute Gasteiger partial charge is 0.311 e. The molecule has 0 aliphatic heterocycles. The standard InChI is InChI=1S/C11H21N2/c1-6-13(4,5)9-12-10(2)7-8-11(12)3/h7-8H,6,9H2,1-5H3/q+1. The first-order valence-corrected chi connectivity index (χ1v) is 4.91. The molecule has 1 aromatic rings. The average Bonchev–Trinajstić information content (AvgIpc) is 2.36. The fraction of sp³-hybridized carbons (Fsp3) is 0.636. The summed E-state index contributed by atoms with van der Waals surface area (Å²) in [6, 6.07) is 4.37. The van der Waals surface area contributed by atoms with Gasteiger partial charge in [-0.25, -0.2) is 0 Å². The van der Waals surface area contributed by atoms with Crippen LogP contribution >= 0.6 is 0 Å². The Balaban J connectivity index is 2.85. The highest BCUT2D eigenvalue weighted by molar-refractivity contribution is 5.12. The van der Waals surface area contributed by atoms with Gasteiger partial charge in [0.1, 0.15) is 0 Å². The maximum atomic E-state index is 2.38. The molecular weight excluding hydrogens is 160 g/mol. The number of hydrogen-bond donors (Lipinski definition) is 0. The van der Waals surface area contributed by atoms with Crippen molar-refractivity contribution in [2.45, 2.75) is 27.4 Å². The van der Waals surface area contributed by atoms with Crippen molar-refractivity contribution in [1.29, 1.82) is 0 Å². The highest BCUT2D eigenvalue weighted by Gasteiger charge is 2.14. The van der Waals surface area contributed by atoms with Crippen LogP contribution in [0.3, 0.4) is 0 Å². The quantitative estimate of drug-likeness (QED) is 0.630. The fourth-order valence-corrected chi connectivity index (χ4v) is 1.41. The lowest BCUT2D eigenvalue weighted by Gasteiger charge is -2.29. The molecule has 0 N–H and O–H groups in total. The third-order valence-corrected chi connectivity index (χ3v) is 2.80. The van der Waals surface area contributed by atoms with Gasteiger partial charge in [0.05, 0.1) is 20.6 Å². The van der Waals surface area contributed by atoms with Crippen molar-refractivity contribution in [1.82, 2.24) is 4.57 Å². The van der Waals surface area contributed by atoms with Crippen molar-refractivity contribution in [2.24, 2.45) is 0 Å². The summed E-state index contributed by atoms with van der Waals surface area (Å²) < 4.78 is 3.42. The predicted octanol–water partition coefficient (Wildman–Crippen LogP) is 2.16. The topological polar surface area (TPSA) is 4.93 Å². The Hall–Kier alpha value is -0.760. The molecular formula is C11H21N2+. The Labute approximate surface area is 81.4 Å². The lowest BCUT2D eigenvalue weighted by atomic mass is 10.5. The second-order valence-electron chi connectivity index (χ2n) is 4.44. The summed E-state index contributed by atoms with van der Waals surface area (Å²) in [7, 11) is 4.53. The van der Waals surface area contributed by atoms with Gasteiger partial charge in [0.25, 0.3) is 0 Å². The molecule has 1 aromatic heterocycles. The smallest absolute Gasteiger partial charge is 0.157 e. The first-order chi connectivity index (χ1) is 5.96. The van der Waals surface area contributed by atoms with Gasteiger partial charge in [-0.3, -0.25) is 0 Å². The highest BCUT2D eigenvalue weighted by atomic mass is 15.4. The van der Waals surface area contributed by atoms with E-state index in [1.54, 1.807) is 0 Å². The van der Waals surface area contributed by atoms with Crippen LogP contribution in [0.25, 0.3) is 0 Å². The van der Waals surface area contributed by atoms with Crippen molar-refractivity contribution < 1.29 is 4.48 Å². The molecule has 1 heterocycles. The van der Waals surface area contributed by atoms with Crippen molar-refractivity contribution in [3.8, 4) is 0 Å². The molecule has 0 atom stereocenters. The van der Waals surface area contributed by atoms with E-state index in [4.69, 9.17) is 0 Å². The van der Waals surface area contributed by atoms with E-state index in [1.807, 2.05) is 0 Å². The van der Waals surface area contributed by atoms with Crippen LogP contribution in [0.5, 0.6) is 0 Å². The monoisotopic (exact) mass is 181 g/mol. The maximum Gasteiger partial charge on any atom is 0.157 e. The van der Waals surface area contributed by atoms with Crippen LogP contribution in [-0.2, 0) is 6.67 Å². The number of quaternary nitrogens is 1. The van der Waals surface area contributed by atoms with Gasteiger partial charge in [-0.2, -0.15) is 0 Å². The molecule has 0 bridgehead atoms. The van der Waals surface area contributed by atoms with E-state index in [9.17, 15) is 0 Å². The lowest BCUT2D eigenvalue weighted by molar-refractivity contribution is -0.910. The Morgan fingerprint density at radius 1 is 1.15 bits per heavy atom. The van der Waals surface area contributed by atoms with E-state index in [2.05, 4.69) is 51.6 Å². The van der Waals surface area contributed by atoms with Crippen molar-refractivity contribution in [2.75, 3.05) is 20.6 Å². The summed E-state index contributed by atoms with van der Waals surface area (Å²) in [5.41, 5.74) is 2.72. The van der Waals surface area contributed by atoms with E-state index >= 15 is 0 Å². The van der Waals surface area contributed by atoms with Gasteiger partial charge in [-0.05, 0) is 32.9 Å². The summed E-state index contributed by atoms with van der Waals surface area (Å²) >= 11 is 0. The molecule has 1 rings (SSSR count). The number of aromatic nitrogens is 1. The first-order valence-electron chi connectivity index (χ1n) is 4.91. The molecule has 0 aliphatic rings. The lowest BCUT2D eigenvalue weighted by Crippen LogP contribution is -2.41. The zero-order chi connectivity index (χ0) is 10.1. The molecule has 0 radical (unpaired) electrons. The molecule has 0 aromatic carbocycles. The molecule has 0 saturated heterocycles. The van der Waals surface area contributed by atoms with E-state index < -0.39 is 0 Å². The molecule has 0 unspecified atom stereocenters. The second kappa shape index (κ2) is 3.54. The van der Waals surface area contributed by atoms with Gasteiger partial charge in [-0.1, -0.05) is 0 Å². The van der Waals surface area contributed by atoms with E-state index in [1.165, 1.54) is 11.4 Å². The molecule has 0 aliphatic carbocycles. The highest BCUT2D eigenvalue weighted by Crippen LogP contribution is 2.10. The van der Waals surface area contributed by atoms with Crippen LogP contribution in [0.15, 0.2) is 12.1 Å². The second-order valence-corrected chi connectivity index (χ2v) is 4.44. The van der Waals surface area contributed by atoms with Crippen LogP contribution in [0, 0.1) is 13.8 Å². The number of aryl methyl sites for hydroxylation is 2. The van der Waals surface area contributed by atoms with Gasteiger partial charge in [0.2, 0.25) is 0 Å². The molecule has 2 heteroatoms. The number of rotatable bonds is 3. The van der Waals surface area contributed by atoms with Gasteiger partial charge >= 0.3 is 0 Å². The normalized spacial score (nSPS) is 12.1. The Kier molecular flexibility index (Phi) is 2.81. The summed E-state index contributed by atoms with van der Waals surface area (Å²) in [5.74, 6) is 0. The minimum absolute atomic E-state index is 1.04. The predicted molar refractivity (Wildman–Crippen MR) is 56.6 cm³/mol. The minimum Gasteiger partial charge on any atom is -0.311 e. The summed E-state index contributed by atoms with van der Waals surface area (Å²) in [4.78, 5) is 0. The maximum absolute atomic E-state index is 2.38. The van der Waals surface area contributed by atoms with E-state index in [0.29, 0.717) is 0 Å². The molecule has 0 fully saturated rings. The fourth-order valence-electron chi connectivity index (χ4n) is 1.41. The average molecular weight is 181 g/mol. The third-order valence-electron chi connectivity index (χ3n) is 2.80. The molecule has 0 saturated carbocycles. The van der Waals surface area contributed by atoms with E-state index in [-0.39, 0.29) is 0 Å². The third kappa shape index (κ3) is 2.34. The Morgan fingerprint density at radius 2 is 1.62 bits per heavy atom. The molecule has 13 heavy (non-hydrogen) atoms. The summed E-state index contributed by atoms with van der Waals surface area (Å²) in [6.45, 7) is 8.80.